The van der Waals surface area contributed by atoms with Crippen LogP contribution in [0, 0.1) is 22.9 Å². The molecule has 1 heterocycles. The second-order valence-corrected chi connectivity index (χ2v) is 8.36. The van der Waals surface area contributed by atoms with Crippen LogP contribution in [0.15, 0.2) is 30.5 Å². The number of carbonyl (C=O) groups is 3. The first kappa shape index (κ1) is 26.4. The highest BCUT2D eigenvalue weighted by molar-refractivity contribution is 6.34. The molecule has 11 heteroatoms. The van der Waals surface area contributed by atoms with Gasteiger partial charge < -0.3 is 9.47 Å². The maximum Gasteiger partial charge on any atom is 0.416 e. The van der Waals surface area contributed by atoms with E-state index in [4.69, 9.17) is 4.74 Å². The Hall–Kier alpha value is -3.89. The number of ether oxygens (including phenoxy) is 2. The number of anilines is 1. The van der Waals surface area contributed by atoms with E-state index in [1.165, 1.54) is 37.4 Å². The van der Waals surface area contributed by atoms with Crippen LogP contribution in [0.3, 0.4) is 0 Å². The Morgan fingerprint density at radius 1 is 1.18 bits per heavy atom. The van der Waals surface area contributed by atoms with E-state index in [0.29, 0.717) is 11.1 Å². The molecule has 10 nitrogen and oxygen atoms in total. The lowest BCUT2D eigenvalue weighted by molar-refractivity contribution is -0.385. The van der Waals surface area contributed by atoms with Gasteiger partial charge in [0, 0.05) is 11.8 Å². The molecule has 0 aliphatic rings. The number of hydrogen-bond acceptors (Lipinski definition) is 8. The Balaban J connectivity index is 2.60. The maximum atomic E-state index is 13.6. The summed E-state index contributed by atoms with van der Waals surface area (Å²) in [6, 6.07) is 5.13. The summed E-state index contributed by atoms with van der Waals surface area (Å²) in [6.45, 7) is 7.78. The number of pyridine rings is 1. The quantitative estimate of drug-likeness (QED) is 0.242. The average Bonchev–Trinajstić information content (AvgIpc) is 2.71. The zero-order valence-corrected chi connectivity index (χ0v) is 19.6. The van der Waals surface area contributed by atoms with Crippen molar-refractivity contribution in [3.63, 3.8) is 0 Å². The number of aryl methyl sites for hydroxylation is 1. The van der Waals surface area contributed by atoms with Crippen LogP contribution in [0.5, 0.6) is 0 Å². The molecule has 34 heavy (non-hydrogen) atoms. The SMILES string of the molecule is CCOC(=O)C(=O)Cc1ccnc(N(Cc2ccc(F)cc2C)C(=O)OC(C)(C)C)c1[N+](=O)[O-]. The molecule has 0 unspecified atom stereocenters. The Bertz CT molecular complexity index is 1110. The molecule has 0 saturated heterocycles. The molecule has 182 valence electrons. The largest absolute Gasteiger partial charge is 0.460 e. The van der Waals surface area contributed by atoms with Crippen LogP contribution in [-0.2, 0) is 32.0 Å². The van der Waals surface area contributed by atoms with Gasteiger partial charge in [-0.05, 0) is 63.9 Å². The Morgan fingerprint density at radius 2 is 1.85 bits per heavy atom. The Morgan fingerprint density at radius 3 is 2.41 bits per heavy atom. The van der Waals surface area contributed by atoms with Gasteiger partial charge in [0.15, 0.2) is 0 Å². The van der Waals surface area contributed by atoms with E-state index in [1.807, 2.05) is 0 Å². The fourth-order valence-corrected chi connectivity index (χ4v) is 3.03. The standard InChI is InChI=1S/C23H26FN3O7/c1-6-33-21(29)18(28)12-15-9-10-25-20(19(15)27(31)32)26(22(30)34-23(3,4)5)13-16-7-8-17(24)11-14(16)2/h7-11H,6,12-13H2,1-5H3. The lowest BCUT2D eigenvalue weighted by Gasteiger charge is -2.27. The molecule has 0 atom stereocenters. The number of benzene rings is 1. The number of esters is 1. The lowest BCUT2D eigenvalue weighted by Crippen LogP contribution is -2.37. The van der Waals surface area contributed by atoms with Crippen LogP contribution in [0.25, 0.3) is 0 Å². The van der Waals surface area contributed by atoms with E-state index in [1.54, 1.807) is 27.7 Å². The monoisotopic (exact) mass is 475 g/mol. The Labute approximate surface area is 195 Å². The number of Topliss-reactive ketones (excluding diaryl/α,β-unsaturated/α-hetero) is 1. The van der Waals surface area contributed by atoms with Gasteiger partial charge in [0.2, 0.25) is 11.6 Å². The van der Waals surface area contributed by atoms with Gasteiger partial charge >= 0.3 is 17.7 Å². The maximum absolute atomic E-state index is 13.6. The summed E-state index contributed by atoms with van der Waals surface area (Å²) in [5.41, 5.74) is -0.691. The second kappa shape index (κ2) is 10.8. The fourth-order valence-electron chi connectivity index (χ4n) is 3.03. The number of hydrogen-bond donors (Lipinski definition) is 0. The van der Waals surface area contributed by atoms with Crippen LogP contribution in [0.2, 0.25) is 0 Å². The van der Waals surface area contributed by atoms with Crippen LogP contribution < -0.4 is 4.90 Å². The number of rotatable bonds is 8. The van der Waals surface area contributed by atoms with E-state index >= 15 is 0 Å². The third-order valence-electron chi connectivity index (χ3n) is 4.53. The molecule has 0 radical (unpaired) electrons. The first-order chi connectivity index (χ1) is 15.8. The lowest BCUT2D eigenvalue weighted by atomic mass is 10.1. The van der Waals surface area contributed by atoms with Crippen LogP contribution in [0.4, 0.5) is 20.7 Å². The van der Waals surface area contributed by atoms with E-state index in [9.17, 15) is 28.9 Å². The van der Waals surface area contributed by atoms with E-state index in [-0.39, 0.29) is 24.5 Å². The molecule has 1 amide bonds. The molecule has 0 N–H and O–H groups in total. The third kappa shape index (κ3) is 6.80. The predicted molar refractivity (Wildman–Crippen MR) is 120 cm³/mol. The molecule has 1 aromatic carbocycles. The fraction of sp³-hybridized carbons (Fsp3) is 0.391. The molecule has 0 bridgehead atoms. The highest BCUT2D eigenvalue weighted by Gasteiger charge is 2.33. The normalized spacial score (nSPS) is 11.0. The van der Waals surface area contributed by atoms with Gasteiger partial charge in [-0.1, -0.05) is 6.07 Å². The number of carbonyl (C=O) groups excluding carboxylic acids is 3. The molecule has 0 saturated carbocycles. The topological polar surface area (TPSA) is 129 Å². The van der Waals surface area contributed by atoms with E-state index < -0.39 is 46.3 Å². The summed E-state index contributed by atoms with van der Waals surface area (Å²) in [4.78, 5) is 53.2. The van der Waals surface area contributed by atoms with E-state index in [0.717, 1.165) is 4.90 Å². The zero-order valence-electron chi connectivity index (χ0n) is 19.6. The van der Waals surface area contributed by atoms with Gasteiger partial charge in [-0.2, -0.15) is 0 Å². The number of nitro groups is 1. The molecule has 0 spiro atoms. The van der Waals surface area contributed by atoms with Gasteiger partial charge in [0.25, 0.3) is 0 Å². The van der Waals surface area contributed by atoms with Gasteiger partial charge in [-0.15, -0.1) is 0 Å². The first-order valence-corrected chi connectivity index (χ1v) is 10.4. The van der Waals surface area contributed by atoms with Crippen molar-refractivity contribution in [2.24, 2.45) is 0 Å². The average molecular weight is 475 g/mol. The summed E-state index contributed by atoms with van der Waals surface area (Å²) in [5.74, 6) is -2.97. The highest BCUT2D eigenvalue weighted by atomic mass is 19.1. The molecule has 0 aliphatic heterocycles. The van der Waals surface area contributed by atoms with Crippen LogP contribution >= 0.6 is 0 Å². The number of ketones is 1. The van der Waals surface area contributed by atoms with Crippen molar-refractivity contribution in [2.45, 2.75) is 53.2 Å². The van der Waals surface area contributed by atoms with Crippen molar-refractivity contribution in [1.82, 2.24) is 4.98 Å². The number of aromatic nitrogens is 1. The Kier molecular flexibility index (Phi) is 8.39. The van der Waals surface area contributed by atoms with Crippen molar-refractivity contribution in [1.29, 1.82) is 0 Å². The van der Waals surface area contributed by atoms with Crippen molar-refractivity contribution in [2.75, 3.05) is 11.5 Å². The van der Waals surface area contributed by atoms with Crippen molar-refractivity contribution in [3.05, 3.63) is 63.1 Å². The molecule has 1 aromatic heterocycles. The minimum absolute atomic E-state index is 0.0301. The summed E-state index contributed by atoms with van der Waals surface area (Å²) < 4.78 is 23.7. The molecule has 0 aliphatic carbocycles. The van der Waals surface area contributed by atoms with Gasteiger partial charge in [0.1, 0.15) is 11.4 Å². The minimum Gasteiger partial charge on any atom is -0.460 e. The smallest absolute Gasteiger partial charge is 0.416 e. The minimum atomic E-state index is -1.12. The van der Waals surface area contributed by atoms with Crippen molar-refractivity contribution < 1.29 is 33.2 Å². The molecule has 2 aromatic rings. The van der Waals surface area contributed by atoms with E-state index in [2.05, 4.69) is 9.72 Å². The van der Waals surface area contributed by atoms with Crippen molar-refractivity contribution in [3.8, 4) is 0 Å². The molecule has 2 rings (SSSR count). The molecule has 0 fully saturated rings. The van der Waals surface area contributed by atoms with Crippen molar-refractivity contribution >= 4 is 29.4 Å². The number of nitrogens with zero attached hydrogens (tertiary/aromatic N) is 3. The van der Waals surface area contributed by atoms with Crippen LogP contribution in [-0.4, -0.2) is 40.0 Å². The molecular formula is C23H26FN3O7. The number of halogens is 1. The summed E-state index contributed by atoms with van der Waals surface area (Å²) in [5, 5.41) is 12.0. The van der Waals surface area contributed by atoms with Gasteiger partial charge in [-0.25, -0.2) is 19.0 Å². The molecular weight excluding hydrogens is 449 g/mol. The van der Waals surface area contributed by atoms with Gasteiger partial charge in [-0.3, -0.25) is 19.8 Å². The predicted octanol–water partition coefficient (Wildman–Crippen LogP) is 4.05. The highest BCUT2D eigenvalue weighted by Crippen LogP contribution is 2.32. The second-order valence-electron chi connectivity index (χ2n) is 8.36. The zero-order chi connectivity index (χ0) is 25.6. The van der Waals surface area contributed by atoms with Gasteiger partial charge in [0.05, 0.1) is 24.5 Å². The number of amides is 1. The summed E-state index contributed by atoms with van der Waals surface area (Å²) in [6.07, 6.45) is -0.367. The first-order valence-electron chi connectivity index (χ1n) is 10.4. The summed E-state index contributed by atoms with van der Waals surface area (Å²) >= 11 is 0. The van der Waals surface area contributed by atoms with Crippen LogP contribution in [0.1, 0.15) is 44.4 Å². The third-order valence-corrected chi connectivity index (χ3v) is 4.53. The summed E-state index contributed by atoms with van der Waals surface area (Å²) in [7, 11) is 0.